The smallest absolute Gasteiger partial charge is 0.169 e. The summed E-state index contributed by atoms with van der Waals surface area (Å²) < 4.78 is 12.1. The fourth-order valence-corrected chi connectivity index (χ4v) is 2.52. The number of rotatable bonds is 10. The van der Waals surface area contributed by atoms with Gasteiger partial charge in [-0.2, -0.15) is 0 Å². The molecule has 0 aromatic rings. The van der Waals surface area contributed by atoms with E-state index >= 15 is 0 Å². The van der Waals surface area contributed by atoms with E-state index < -0.39 is 0 Å². The summed E-state index contributed by atoms with van der Waals surface area (Å²) in [4.78, 5) is 0. The molecule has 0 heterocycles. The summed E-state index contributed by atoms with van der Waals surface area (Å²) in [6.45, 7) is 11.9. The third kappa shape index (κ3) is 6.27. The fourth-order valence-electron chi connectivity index (χ4n) is 2.52. The zero-order chi connectivity index (χ0) is 14.4. The van der Waals surface area contributed by atoms with Crippen LogP contribution in [0.25, 0.3) is 0 Å². The third-order valence-electron chi connectivity index (χ3n) is 3.96. The highest BCUT2D eigenvalue weighted by atomic mass is 16.7. The normalized spacial score (nSPS) is 19.4. The van der Waals surface area contributed by atoms with Gasteiger partial charge in [0.05, 0.1) is 6.10 Å². The standard InChI is InChI=1S/C17H34O2/c1-6-8-9-10-11-12-15(16(3,4)5)19-17(13-14-17)18-7-2/h15H,6-14H2,1-5H3. The number of unbranched alkanes of at least 4 members (excludes halogenated alkanes) is 4. The minimum Gasteiger partial charge on any atom is -0.350 e. The van der Waals surface area contributed by atoms with Gasteiger partial charge in [-0.15, -0.1) is 0 Å². The van der Waals surface area contributed by atoms with E-state index in [1.807, 2.05) is 0 Å². The van der Waals surface area contributed by atoms with Crippen molar-refractivity contribution in [3.05, 3.63) is 0 Å². The van der Waals surface area contributed by atoms with Crippen molar-refractivity contribution < 1.29 is 9.47 Å². The van der Waals surface area contributed by atoms with Gasteiger partial charge in [-0.25, -0.2) is 0 Å². The van der Waals surface area contributed by atoms with Crippen molar-refractivity contribution >= 4 is 0 Å². The highest BCUT2D eigenvalue weighted by molar-refractivity contribution is 4.89. The first-order valence-corrected chi connectivity index (χ1v) is 8.25. The molecule has 1 atom stereocenters. The van der Waals surface area contributed by atoms with Crippen molar-refractivity contribution in [2.45, 2.75) is 97.9 Å². The molecular weight excluding hydrogens is 236 g/mol. The average molecular weight is 270 g/mol. The van der Waals surface area contributed by atoms with Crippen molar-refractivity contribution in [2.24, 2.45) is 5.41 Å². The zero-order valence-electron chi connectivity index (χ0n) is 13.8. The van der Waals surface area contributed by atoms with Gasteiger partial charge in [0, 0.05) is 19.4 Å². The molecule has 2 nitrogen and oxygen atoms in total. The van der Waals surface area contributed by atoms with Gasteiger partial charge in [0.1, 0.15) is 0 Å². The van der Waals surface area contributed by atoms with Crippen molar-refractivity contribution in [3.8, 4) is 0 Å². The molecule has 114 valence electrons. The molecule has 0 spiro atoms. The van der Waals surface area contributed by atoms with Crippen molar-refractivity contribution in [1.29, 1.82) is 0 Å². The molecule has 0 aromatic carbocycles. The Bertz CT molecular complexity index is 238. The summed E-state index contributed by atoms with van der Waals surface area (Å²) >= 11 is 0. The van der Waals surface area contributed by atoms with E-state index in [0.29, 0.717) is 6.10 Å². The van der Waals surface area contributed by atoms with Gasteiger partial charge in [0.2, 0.25) is 0 Å². The molecule has 1 aliphatic rings. The van der Waals surface area contributed by atoms with Crippen LogP contribution in [0.1, 0.15) is 86.0 Å². The zero-order valence-corrected chi connectivity index (χ0v) is 13.8. The molecule has 1 fully saturated rings. The molecule has 0 radical (unpaired) electrons. The van der Waals surface area contributed by atoms with Crippen LogP contribution in [0, 0.1) is 5.41 Å². The minimum atomic E-state index is -0.226. The Morgan fingerprint density at radius 3 is 2.11 bits per heavy atom. The van der Waals surface area contributed by atoms with Crippen LogP contribution in [-0.2, 0) is 9.47 Å². The molecular formula is C17H34O2. The molecule has 1 rings (SSSR count). The Kier molecular flexibility index (Phi) is 6.82. The largest absolute Gasteiger partial charge is 0.350 e. The first-order chi connectivity index (χ1) is 8.93. The maximum absolute atomic E-state index is 6.34. The van der Waals surface area contributed by atoms with Gasteiger partial charge < -0.3 is 9.47 Å². The second-order valence-electron chi connectivity index (χ2n) is 7.02. The molecule has 0 amide bonds. The van der Waals surface area contributed by atoms with Gasteiger partial charge in [-0.1, -0.05) is 59.8 Å². The Balaban J connectivity index is 2.36. The van der Waals surface area contributed by atoms with Crippen LogP contribution in [0.2, 0.25) is 0 Å². The summed E-state index contributed by atoms with van der Waals surface area (Å²) in [5.41, 5.74) is 0.206. The van der Waals surface area contributed by atoms with Gasteiger partial charge in [-0.05, 0) is 18.8 Å². The number of ether oxygens (including phenoxy) is 2. The average Bonchev–Trinajstić information content (AvgIpc) is 3.06. The predicted octanol–water partition coefficient (Wildman–Crippen LogP) is 5.30. The SMILES string of the molecule is CCCCCCCC(OC1(OCC)CC1)C(C)(C)C. The predicted molar refractivity (Wildman–Crippen MR) is 81.3 cm³/mol. The maximum atomic E-state index is 6.34. The van der Waals surface area contributed by atoms with Crippen LogP contribution in [0.5, 0.6) is 0 Å². The number of hydrogen-bond donors (Lipinski definition) is 0. The second-order valence-corrected chi connectivity index (χ2v) is 7.02. The topological polar surface area (TPSA) is 18.5 Å². The van der Waals surface area contributed by atoms with Crippen LogP contribution in [0.4, 0.5) is 0 Å². The Morgan fingerprint density at radius 2 is 1.63 bits per heavy atom. The highest BCUT2D eigenvalue weighted by Crippen LogP contribution is 2.44. The van der Waals surface area contributed by atoms with E-state index in [1.165, 1.54) is 38.5 Å². The Hall–Kier alpha value is -0.0800. The molecule has 0 N–H and O–H groups in total. The third-order valence-corrected chi connectivity index (χ3v) is 3.96. The first-order valence-electron chi connectivity index (χ1n) is 8.25. The molecule has 0 bridgehead atoms. The molecule has 1 aliphatic carbocycles. The van der Waals surface area contributed by atoms with E-state index in [4.69, 9.17) is 9.47 Å². The minimum absolute atomic E-state index is 0.206. The van der Waals surface area contributed by atoms with E-state index in [0.717, 1.165) is 19.4 Å². The molecule has 2 heteroatoms. The van der Waals surface area contributed by atoms with E-state index in [-0.39, 0.29) is 11.2 Å². The molecule has 0 aromatic heterocycles. The van der Waals surface area contributed by atoms with Gasteiger partial charge in [0.25, 0.3) is 0 Å². The lowest BCUT2D eigenvalue weighted by atomic mass is 9.85. The van der Waals surface area contributed by atoms with Crippen LogP contribution >= 0.6 is 0 Å². The van der Waals surface area contributed by atoms with Crippen LogP contribution in [0.15, 0.2) is 0 Å². The summed E-state index contributed by atoms with van der Waals surface area (Å²) in [7, 11) is 0. The lowest BCUT2D eigenvalue weighted by Crippen LogP contribution is -2.35. The summed E-state index contributed by atoms with van der Waals surface area (Å²) in [6, 6.07) is 0. The summed E-state index contributed by atoms with van der Waals surface area (Å²) in [6.07, 6.45) is 10.3. The number of hydrogen-bond acceptors (Lipinski definition) is 2. The quantitative estimate of drug-likeness (QED) is 0.396. The maximum Gasteiger partial charge on any atom is 0.169 e. The van der Waals surface area contributed by atoms with Crippen molar-refractivity contribution in [2.75, 3.05) is 6.61 Å². The first kappa shape index (κ1) is 17.0. The van der Waals surface area contributed by atoms with Crippen LogP contribution < -0.4 is 0 Å². The van der Waals surface area contributed by atoms with Gasteiger partial charge >= 0.3 is 0 Å². The van der Waals surface area contributed by atoms with Gasteiger partial charge in [-0.3, -0.25) is 0 Å². The highest BCUT2D eigenvalue weighted by Gasteiger charge is 2.48. The monoisotopic (exact) mass is 270 g/mol. The Morgan fingerprint density at radius 1 is 1.00 bits per heavy atom. The summed E-state index contributed by atoms with van der Waals surface area (Å²) in [5, 5.41) is 0. The lowest BCUT2D eigenvalue weighted by Gasteiger charge is -2.34. The van der Waals surface area contributed by atoms with E-state index in [2.05, 4.69) is 34.6 Å². The van der Waals surface area contributed by atoms with E-state index in [1.54, 1.807) is 0 Å². The molecule has 0 saturated heterocycles. The Labute approximate surface area is 120 Å². The fraction of sp³-hybridized carbons (Fsp3) is 1.00. The lowest BCUT2D eigenvalue weighted by molar-refractivity contribution is -0.213. The molecule has 1 unspecified atom stereocenters. The molecule has 1 saturated carbocycles. The molecule has 19 heavy (non-hydrogen) atoms. The molecule has 0 aliphatic heterocycles. The second kappa shape index (κ2) is 7.64. The summed E-state index contributed by atoms with van der Waals surface area (Å²) in [5.74, 6) is -0.226. The van der Waals surface area contributed by atoms with Crippen LogP contribution in [0.3, 0.4) is 0 Å². The van der Waals surface area contributed by atoms with Gasteiger partial charge in [0.15, 0.2) is 5.79 Å². The van der Waals surface area contributed by atoms with E-state index in [9.17, 15) is 0 Å². The van der Waals surface area contributed by atoms with Crippen LogP contribution in [-0.4, -0.2) is 18.5 Å². The van der Waals surface area contributed by atoms with Crippen molar-refractivity contribution in [3.63, 3.8) is 0 Å². The van der Waals surface area contributed by atoms with Crippen molar-refractivity contribution in [1.82, 2.24) is 0 Å².